The number of halogens is 2. The lowest BCUT2D eigenvalue weighted by Crippen LogP contribution is -2.53. The molecule has 2 saturated heterocycles. The van der Waals surface area contributed by atoms with Crippen LogP contribution in [0.4, 0.5) is 10.1 Å². The number of hydrogen-bond donors (Lipinski definition) is 1. The third-order valence-electron chi connectivity index (χ3n) is 7.50. The smallest absolute Gasteiger partial charge is 0.282 e. The second-order valence-electron chi connectivity index (χ2n) is 10.1. The van der Waals surface area contributed by atoms with Crippen LogP contribution in [-0.2, 0) is 19.8 Å². The Morgan fingerprint density at radius 1 is 0.974 bits per heavy atom. The highest BCUT2D eigenvalue weighted by molar-refractivity contribution is 7.87. The summed E-state index contributed by atoms with van der Waals surface area (Å²) < 4.78 is 43.3. The number of nitrogens with zero attached hydrogens (tertiary/aromatic N) is 3. The van der Waals surface area contributed by atoms with Crippen LogP contribution in [0, 0.1) is 5.82 Å². The molecule has 0 radical (unpaired) electrons. The van der Waals surface area contributed by atoms with Crippen molar-refractivity contribution < 1.29 is 22.4 Å². The van der Waals surface area contributed by atoms with Crippen LogP contribution >= 0.6 is 11.6 Å². The average molecular weight is 563 g/mol. The van der Waals surface area contributed by atoms with Crippen molar-refractivity contribution in [2.24, 2.45) is 0 Å². The molecule has 3 aliphatic rings. The van der Waals surface area contributed by atoms with Crippen LogP contribution in [0.2, 0.25) is 5.02 Å². The lowest BCUT2D eigenvalue weighted by Gasteiger charge is -2.36. The molecular formula is C27H32ClFN4O4S. The van der Waals surface area contributed by atoms with Gasteiger partial charge in [-0.2, -0.15) is 17.0 Å². The molecule has 2 heterocycles. The van der Waals surface area contributed by atoms with Crippen LogP contribution in [-0.4, -0.2) is 60.6 Å². The summed E-state index contributed by atoms with van der Waals surface area (Å²) in [5.41, 5.74) is 0.549. The first kappa shape index (κ1) is 27.1. The van der Waals surface area contributed by atoms with Crippen molar-refractivity contribution in [2.45, 2.75) is 63.1 Å². The van der Waals surface area contributed by atoms with E-state index in [1.165, 1.54) is 31.7 Å². The van der Waals surface area contributed by atoms with Gasteiger partial charge in [0, 0.05) is 41.9 Å². The highest BCUT2D eigenvalue weighted by Gasteiger charge is 2.48. The number of rotatable bonds is 8. The number of benzene rings is 2. The molecule has 1 unspecified atom stereocenters. The van der Waals surface area contributed by atoms with Gasteiger partial charge in [0.15, 0.2) is 0 Å². The molecule has 1 saturated carbocycles. The lowest BCUT2D eigenvalue weighted by atomic mass is 9.94. The Labute approximate surface area is 227 Å². The van der Waals surface area contributed by atoms with Crippen molar-refractivity contribution in [3.05, 3.63) is 64.9 Å². The van der Waals surface area contributed by atoms with Crippen LogP contribution in [0.25, 0.3) is 0 Å². The second kappa shape index (κ2) is 11.3. The van der Waals surface area contributed by atoms with Crippen LogP contribution in [0.5, 0.6) is 0 Å². The van der Waals surface area contributed by atoms with Crippen molar-refractivity contribution in [2.75, 3.05) is 24.5 Å². The van der Waals surface area contributed by atoms with E-state index in [9.17, 15) is 22.4 Å². The fraction of sp³-hybridized carbons (Fsp3) is 0.481. The van der Waals surface area contributed by atoms with E-state index < -0.39 is 39.9 Å². The van der Waals surface area contributed by atoms with Gasteiger partial charge in [-0.1, -0.05) is 55.1 Å². The maximum atomic E-state index is 14.5. The van der Waals surface area contributed by atoms with Crippen molar-refractivity contribution >= 4 is 39.3 Å². The molecule has 204 valence electrons. The Hall–Kier alpha value is -2.53. The molecule has 0 bridgehead atoms. The van der Waals surface area contributed by atoms with Gasteiger partial charge in [-0.05, 0) is 49.9 Å². The number of nitrogens with one attached hydrogen (secondary N) is 1. The van der Waals surface area contributed by atoms with E-state index in [1.807, 2.05) is 0 Å². The number of carbonyl (C=O) groups excluding carboxylic acids is 2. The van der Waals surface area contributed by atoms with Crippen molar-refractivity contribution in [3.8, 4) is 0 Å². The summed E-state index contributed by atoms with van der Waals surface area (Å²) in [5.74, 6) is -1.59. The van der Waals surface area contributed by atoms with Gasteiger partial charge in [0.1, 0.15) is 17.9 Å². The van der Waals surface area contributed by atoms with Crippen molar-refractivity contribution in [3.63, 3.8) is 0 Å². The Bertz CT molecular complexity index is 1300. The summed E-state index contributed by atoms with van der Waals surface area (Å²) in [7, 11) is -3.81. The van der Waals surface area contributed by atoms with E-state index in [1.54, 1.807) is 30.3 Å². The third kappa shape index (κ3) is 5.59. The SMILES string of the molecule is O=C(NC1CCCCC1)[C@H](c1ccccc1Cl)N(C(=O)C1CCCN1S(=O)(=O)N1CC1)c1cccc(F)c1. The standard InChI is InChI=1S/C27H32ClFN4O4S/c28-23-13-5-4-12-22(23)25(26(34)30-20-9-2-1-3-10-20)33(21-11-6-8-19(29)18-21)27(35)24-14-7-15-32(24)38(36,37)31-16-17-31/h4-6,8,11-13,18,20,24-25H,1-3,7,9-10,14-17H2,(H,30,34)/t24?,25-/m0/s1. The Morgan fingerprint density at radius 2 is 1.71 bits per heavy atom. The van der Waals surface area contributed by atoms with Gasteiger partial charge < -0.3 is 5.32 Å². The van der Waals surface area contributed by atoms with Crippen LogP contribution in [0.3, 0.4) is 0 Å². The lowest BCUT2D eigenvalue weighted by molar-refractivity contribution is -0.128. The monoisotopic (exact) mass is 562 g/mol. The zero-order valence-electron chi connectivity index (χ0n) is 21.1. The molecule has 0 aromatic heterocycles. The van der Waals surface area contributed by atoms with Crippen LogP contribution in [0.1, 0.15) is 56.6 Å². The number of anilines is 1. The third-order valence-corrected chi connectivity index (χ3v) is 9.89. The van der Waals surface area contributed by atoms with Gasteiger partial charge in [0.05, 0.1) is 0 Å². The fourth-order valence-corrected chi connectivity index (χ4v) is 7.45. The summed E-state index contributed by atoms with van der Waals surface area (Å²) in [4.78, 5) is 29.6. The van der Waals surface area contributed by atoms with E-state index in [-0.39, 0.29) is 23.3 Å². The van der Waals surface area contributed by atoms with Crippen LogP contribution < -0.4 is 10.2 Å². The van der Waals surface area contributed by atoms with Crippen LogP contribution in [0.15, 0.2) is 48.5 Å². The maximum absolute atomic E-state index is 14.5. The molecule has 2 atom stereocenters. The molecule has 5 rings (SSSR count). The second-order valence-corrected chi connectivity index (χ2v) is 12.4. The van der Waals surface area contributed by atoms with E-state index in [0.29, 0.717) is 31.5 Å². The van der Waals surface area contributed by atoms with Crippen molar-refractivity contribution in [1.82, 2.24) is 13.9 Å². The van der Waals surface area contributed by atoms with Gasteiger partial charge in [-0.3, -0.25) is 14.5 Å². The molecule has 2 aromatic carbocycles. The number of hydrogen-bond acceptors (Lipinski definition) is 4. The minimum Gasteiger partial charge on any atom is -0.351 e. The molecule has 3 fully saturated rings. The largest absolute Gasteiger partial charge is 0.351 e. The zero-order chi connectivity index (χ0) is 26.9. The predicted molar refractivity (Wildman–Crippen MR) is 143 cm³/mol. The molecule has 0 spiro atoms. The topological polar surface area (TPSA) is 89.8 Å². The molecule has 8 nitrogen and oxygen atoms in total. The first-order chi connectivity index (χ1) is 18.3. The Morgan fingerprint density at radius 3 is 2.39 bits per heavy atom. The Balaban J connectivity index is 1.58. The zero-order valence-corrected chi connectivity index (χ0v) is 22.6. The van der Waals surface area contributed by atoms with Gasteiger partial charge in [0.25, 0.3) is 10.2 Å². The minimum atomic E-state index is -3.81. The van der Waals surface area contributed by atoms with Gasteiger partial charge in [-0.15, -0.1) is 0 Å². The van der Waals surface area contributed by atoms with E-state index in [4.69, 9.17) is 11.6 Å². The fourth-order valence-electron chi connectivity index (χ4n) is 5.49. The molecule has 2 aromatic rings. The molecule has 2 aliphatic heterocycles. The minimum absolute atomic E-state index is 0.0447. The maximum Gasteiger partial charge on any atom is 0.282 e. The average Bonchev–Trinajstić information content (AvgIpc) is 3.65. The Kier molecular flexibility index (Phi) is 8.04. The first-order valence-electron chi connectivity index (χ1n) is 13.2. The number of amides is 2. The predicted octanol–water partition coefficient (Wildman–Crippen LogP) is 4.03. The molecule has 11 heteroatoms. The van der Waals surface area contributed by atoms with E-state index in [2.05, 4.69) is 5.32 Å². The van der Waals surface area contributed by atoms with Crippen molar-refractivity contribution in [1.29, 1.82) is 0 Å². The number of carbonyl (C=O) groups is 2. The summed E-state index contributed by atoms with van der Waals surface area (Å²) in [5, 5.41) is 3.38. The summed E-state index contributed by atoms with van der Waals surface area (Å²) in [6.07, 6.45) is 5.58. The van der Waals surface area contributed by atoms with E-state index >= 15 is 0 Å². The van der Waals surface area contributed by atoms with Gasteiger partial charge in [0.2, 0.25) is 11.8 Å². The molecular weight excluding hydrogens is 531 g/mol. The summed E-state index contributed by atoms with van der Waals surface area (Å²) in [6, 6.07) is 9.95. The highest BCUT2D eigenvalue weighted by Crippen LogP contribution is 2.36. The molecule has 1 N–H and O–H groups in total. The normalized spacial score (nSPS) is 21.7. The summed E-state index contributed by atoms with van der Waals surface area (Å²) in [6.45, 7) is 1.04. The first-order valence-corrected chi connectivity index (χ1v) is 15.0. The molecule has 38 heavy (non-hydrogen) atoms. The molecule has 2 amide bonds. The van der Waals surface area contributed by atoms with Gasteiger partial charge >= 0.3 is 0 Å². The summed E-state index contributed by atoms with van der Waals surface area (Å²) >= 11 is 6.58. The van der Waals surface area contributed by atoms with E-state index in [0.717, 1.165) is 32.1 Å². The highest BCUT2D eigenvalue weighted by atomic mass is 35.5. The quantitative estimate of drug-likeness (QED) is 0.492. The molecule has 1 aliphatic carbocycles. The van der Waals surface area contributed by atoms with Gasteiger partial charge in [-0.25, -0.2) is 4.39 Å².